The Bertz CT molecular complexity index is 647. The van der Waals surface area contributed by atoms with Gasteiger partial charge < -0.3 is 9.64 Å². The fourth-order valence-corrected chi connectivity index (χ4v) is 2.29. The molecule has 0 spiro atoms. The summed E-state index contributed by atoms with van der Waals surface area (Å²) in [6.45, 7) is 3.61. The number of hydrogen-bond donors (Lipinski definition) is 0. The number of anilines is 1. The van der Waals surface area contributed by atoms with E-state index in [0.29, 0.717) is 11.7 Å². The monoisotopic (exact) mass is 281 g/mol. The van der Waals surface area contributed by atoms with Crippen LogP contribution in [0.5, 0.6) is 6.01 Å². The smallest absolute Gasteiger partial charge is 0.316 e. The first-order chi connectivity index (χ1) is 10.2. The van der Waals surface area contributed by atoms with E-state index in [9.17, 15) is 0 Å². The summed E-state index contributed by atoms with van der Waals surface area (Å²) in [5.74, 6) is 0. The van der Waals surface area contributed by atoms with Gasteiger partial charge in [0.2, 0.25) is 0 Å². The molecule has 0 aromatic carbocycles. The van der Waals surface area contributed by atoms with Crippen LogP contribution in [-0.4, -0.2) is 34.1 Å². The summed E-state index contributed by atoms with van der Waals surface area (Å²) in [6.07, 6.45) is 6.21. The molecule has 21 heavy (non-hydrogen) atoms. The SMILES string of the molecule is Cc1cnc(OC2CCN(c3ccc(C#N)nc3)C2)nc1. The van der Waals surface area contributed by atoms with Crippen molar-refractivity contribution in [1.29, 1.82) is 5.26 Å². The molecule has 0 bridgehead atoms. The van der Waals surface area contributed by atoms with Gasteiger partial charge in [0.1, 0.15) is 17.9 Å². The fourth-order valence-electron chi connectivity index (χ4n) is 2.29. The van der Waals surface area contributed by atoms with Gasteiger partial charge >= 0.3 is 6.01 Å². The Balaban J connectivity index is 1.62. The van der Waals surface area contributed by atoms with E-state index in [-0.39, 0.29) is 6.10 Å². The van der Waals surface area contributed by atoms with Crippen LogP contribution in [0.4, 0.5) is 5.69 Å². The average molecular weight is 281 g/mol. The van der Waals surface area contributed by atoms with E-state index >= 15 is 0 Å². The quantitative estimate of drug-likeness (QED) is 0.852. The van der Waals surface area contributed by atoms with Crippen LogP contribution in [0.25, 0.3) is 0 Å². The maximum Gasteiger partial charge on any atom is 0.316 e. The van der Waals surface area contributed by atoms with E-state index < -0.39 is 0 Å². The molecule has 2 aromatic rings. The third-order valence-electron chi connectivity index (χ3n) is 3.40. The third kappa shape index (κ3) is 3.08. The Hall–Kier alpha value is -2.68. The molecule has 1 unspecified atom stereocenters. The molecule has 0 radical (unpaired) electrons. The zero-order valence-corrected chi connectivity index (χ0v) is 11.7. The van der Waals surface area contributed by atoms with Crippen molar-refractivity contribution in [3.8, 4) is 12.1 Å². The molecule has 106 valence electrons. The summed E-state index contributed by atoms with van der Waals surface area (Å²) >= 11 is 0. The summed E-state index contributed by atoms with van der Waals surface area (Å²) in [5.41, 5.74) is 2.45. The Morgan fingerprint density at radius 2 is 2.05 bits per heavy atom. The van der Waals surface area contributed by atoms with Crippen molar-refractivity contribution >= 4 is 5.69 Å². The number of aryl methyl sites for hydroxylation is 1. The van der Waals surface area contributed by atoms with Crippen molar-refractivity contribution in [2.75, 3.05) is 18.0 Å². The largest absolute Gasteiger partial charge is 0.458 e. The molecule has 0 saturated carbocycles. The summed E-state index contributed by atoms with van der Waals surface area (Å²) in [6, 6.07) is 6.08. The Morgan fingerprint density at radius 3 is 2.71 bits per heavy atom. The van der Waals surface area contributed by atoms with E-state index in [4.69, 9.17) is 10.00 Å². The van der Waals surface area contributed by atoms with E-state index in [0.717, 1.165) is 30.8 Å². The lowest BCUT2D eigenvalue weighted by Gasteiger charge is -2.18. The van der Waals surface area contributed by atoms with Crippen LogP contribution >= 0.6 is 0 Å². The lowest BCUT2D eigenvalue weighted by Crippen LogP contribution is -2.25. The molecule has 3 rings (SSSR count). The van der Waals surface area contributed by atoms with Crippen LogP contribution in [-0.2, 0) is 0 Å². The van der Waals surface area contributed by atoms with Gasteiger partial charge in [-0.3, -0.25) is 0 Å². The molecule has 1 aliphatic heterocycles. The molecule has 6 heteroatoms. The zero-order valence-electron chi connectivity index (χ0n) is 11.7. The summed E-state index contributed by atoms with van der Waals surface area (Å²) in [4.78, 5) is 14.6. The van der Waals surface area contributed by atoms with Crippen LogP contribution in [0.3, 0.4) is 0 Å². The normalized spacial score (nSPS) is 17.5. The van der Waals surface area contributed by atoms with Crippen LogP contribution in [0.1, 0.15) is 17.7 Å². The highest BCUT2D eigenvalue weighted by molar-refractivity contribution is 5.47. The highest BCUT2D eigenvalue weighted by Gasteiger charge is 2.25. The fraction of sp³-hybridized carbons (Fsp3) is 0.333. The van der Waals surface area contributed by atoms with Crippen molar-refractivity contribution in [3.05, 3.63) is 42.0 Å². The molecule has 0 amide bonds. The molecule has 1 aliphatic rings. The highest BCUT2D eigenvalue weighted by atomic mass is 16.5. The first-order valence-electron chi connectivity index (χ1n) is 6.81. The van der Waals surface area contributed by atoms with Crippen LogP contribution in [0.2, 0.25) is 0 Å². The Kier molecular flexibility index (Phi) is 3.65. The van der Waals surface area contributed by atoms with Crippen molar-refractivity contribution in [1.82, 2.24) is 15.0 Å². The lowest BCUT2D eigenvalue weighted by molar-refractivity contribution is 0.206. The van der Waals surface area contributed by atoms with Crippen molar-refractivity contribution in [2.24, 2.45) is 0 Å². The van der Waals surface area contributed by atoms with Gasteiger partial charge in [-0.1, -0.05) is 0 Å². The number of aromatic nitrogens is 3. The second-order valence-corrected chi connectivity index (χ2v) is 5.03. The van der Waals surface area contributed by atoms with Gasteiger partial charge in [0.25, 0.3) is 0 Å². The van der Waals surface area contributed by atoms with Gasteiger partial charge in [0, 0.05) is 25.4 Å². The van der Waals surface area contributed by atoms with E-state index in [2.05, 4.69) is 19.9 Å². The molecule has 6 nitrogen and oxygen atoms in total. The van der Waals surface area contributed by atoms with Crippen LogP contribution in [0, 0.1) is 18.3 Å². The number of nitrogens with zero attached hydrogens (tertiary/aromatic N) is 5. The average Bonchev–Trinajstić information content (AvgIpc) is 2.98. The molecule has 0 aliphatic carbocycles. The van der Waals surface area contributed by atoms with Crippen molar-refractivity contribution in [2.45, 2.75) is 19.4 Å². The van der Waals surface area contributed by atoms with Crippen LogP contribution < -0.4 is 9.64 Å². The number of hydrogen-bond acceptors (Lipinski definition) is 6. The Morgan fingerprint density at radius 1 is 1.24 bits per heavy atom. The van der Waals surface area contributed by atoms with Gasteiger partial charge in [-0.25, -0.2) is 15.0 Å². The van der Waals surface area contributed by atoms with E-state index in [1.54, 1.807) is 24.7 Å². The maximum atomic E-state index is 8.76. The molecule has 3 heterocycles. The van der Waals surface area contributed by atoms with Crippen molar-refractivity contribution < 1.29 is 4.74 Å². The number of nitriles is 1. The second-order valence-electron chi connectivity index (χ2n) is 5.03. The zero-order chi connectivity index (χ0) is 14.7. The summed E-state index contributed by atoms with van der Waals surface area (Å²) in [7, 11) is 0. The lowest BCUT2D eigenvalue weighted by atomic mass is 10.3. The molecule has 2 aromatic heterocycles. The van der Waals surface area contributed by atoms with Gasteiger partial charge in [-0.2, -0.15) is 5.26 Å². The molecular weight excluding hydrogens is 266 g/mol. The first-order valence-corrected chi connectivity index (χ1v) is 6.81. The number of rotatable bonds is 3. The van der Waals surface area contributed by atoms with E-state index in [1.807, 2.05) is 19.1 Å². The van der Waals surface area contributed by atoms with Gasteiger partial charge in [-0.15, -0.1) is 0 Å². The van der Waals surface area contributed by atoms with Crippen LogP contribution in [0.15, 0.2) is 30.7 Å². The third-order valence-corrected chi connectivity index (χ3v) is 3.40. The maximum absolute atomic E-state index is 8.76. The minimum atomic E-state index is 0.0725. The van der Waals surface area contributed by atoms with E-state index in [1.165, 1.54) is 0 Å². The molecular formula is C15H15N5O. The van der Waals surface area contributed by atoms with Gasteiger partial charge in [-0.05, 0) is 24.6 Å². The summed E-state index contributed by atoms with van der Waals surface area (Å²) < 4.78 is 5.79. The second kappa shape index (κ2) is 5.75. The predicted octanol–water partition coefficient (Wildman–Crippen LogP) is 1.71. The molecule has 1 atom stereocenters. The Labute approximate surface area is 123 Å². The first kappa shape index (κ1) is 13.3. The minimum absolute atomic E-state index is 0.0725. The van der Waals surface area contributed by atoms with Crippen molar-refractivity contribution in [3.63, 3.8) is 0 Å². The number of pyridine rings is 1. The summed E-state index contributed by atoms with van der Waals surface area (Å²) in [5, 5.41) is 8.76. The number of ether oxygens (including phenoxy) is 1. The predicted molar refractivity (Wildman–Crippen MR) is 77.0 cm³/mol. The highest BCUT2D eigenvalue weighted by Crippen LogP contribution is 2.21. The topological polar surface area (TPSA) is 74.9 Å². The standard InChI is InChI=1S/C15H15N5O/c1-11-7-18-15(19-8-11)21-14-4-5-20(10-14)13-3-2-12(6-16)17-9-13/h2-3,7-9,14H,4-5,10H2,1H3. The van der Waals surface area contributed by atoms with Gasteiger partial charge in [0.05, 0.1) is 18.4 Å². The van der Waals surface area contributed by atoms with Gasteiger partial charge in [0.15, 0.2) is 0 Å². The molecule has 1 saturated heterocycles. The molecule has 0 N–H and O–H groups in total. The minimum Gasteiger partial charge on any atom is -0.458 e. The molecule has 1 fully saturated rings.